The number of carboxylic acids is 1. The summed E-state index contributed by atoms with van der Waals surface area (Å²) >= 11 is 0. The van der Waals surface area contributed by atoms with Crippen LogP contribution in [0.25, 0.3) is 0 Å². The lowest BCUT2D eigenvalue weighted by Gasteiger charge is -2.21. The van der Waals surface area contributed by atoms with Crippen LogP contribution < -0.4 is 5.01 Å². The van der Waals surface area contributed by atoms with E-state index in [4.69, 9.17) is 9.11 Å². The Labute approximate surface area is 272 Å². The number of rotatable bonds is 9. The summed E-state index contributed by atoms with van der Waals surface area (Å²) < 4.78 is 62.3. The first kappa shape index (κ1) is 32.6. The fourth-order valence-electron chi connectivity index (χ4n) is 4.74. The van der Waals surface area contributed by atoms with Gasteiger partial charge in [-0.1, -0.05) is 0 Å². The minimum Gasteiger partial charge on any atom is -0.477 e. The van der Waals surface area contributed by atoms with E-state index in [0.717, 1.165) is 75.7 Å². The van der Waals surface area contributed by atoms with Gasteiger partial charge in [-0.25, -0.2) is 4.79 Å². The fourth-order valence-corrected chi connectivity index (χ4v) is 5.70. The van der Waals surface area contributed by atoms with Crippen LogP contribution in [0, 0.1) is 0 Å². The predicted molar refractivity (Wildman–Crippen MR) is 163 cm³/mol. The summed E-state index contributed by atoms with van der Waals surface area (Å²) in [6.45, 7) is 5.41. The van der Waals surface area contributed by atoms with Gasteiger partial charge in [0.1, 0.15) is 11.4 Å². The Morgan fingerprint density at radius 1 is 0.750 bits per heavy atom. The third-order valence-corrected chi connectivity index (χ3v) is 9.15. The van der Waals surface area contributed by atoms with Crippen molar-refractivity contribution in [2.45, 2.75) is 15.8 Å². The molecule has 250 valence electrons. The smallest absolute Gasteiger partial charge is 0.355 e. The first-order chi connectivity index (χ1) is 22.6. The summed E-state index contributed by atoms with van der Waals surface area (Å²) in [6, 6.07) is 7.07. The molecular weight excluding hydrogens is 674 g/mol. The molecule has 1 amide bonds. The fraction of sp³-hybridized carbons (Fsp3) is 0.250. The van der Waals surface area contributed by atoms with E-state index in [1.54, 1.807) is 0 Å². The summed E-state index contributed by atoms with van der Waals surface area (Å²) in [5, 5.41) is 21.1. The van der Waals surface area contributed by atoms with Gasteiger partial charge in [-0.15, -0.1) is 0 Å². The number of hydrazone groups is 1. The monoisotopic (exact) mass is 699 g/mol. The molecule has 0 radical (unpaired) electrons. The number of Topliss-reactive ketones (excluding diaryl/α,β-unsaturated/α-hetero) is 1. The molecule has 1 aliphatic carbocycles. The van der Waals surface area contributed by atoms with Gasteiger partial charge in [-0.3, -0.25) is 23.5 Å². The van der Waals surface area contributed by atoms with Crippen molar-refractivity contribution in [1.29, 1.82) is 0 Å². The van der Waals surface area contributed by atoms with Crippen LogP contribution in [0.2, 0.25) is 0 Å². The van der Waals surface area contributed by atoms with E-state index in [1.807, 2.05) is 14.7 Å². The van der Waals surface area contributed by atoms with Crippen LogP contribution in [0.5, 0.6) is 0 Å². The normalized spacial score (nSPS) is 20.5. The standard InChI is InChI=1S/C16H12N4O9S2.C12H13N3O2/c21-15-13(18-17-9-1-5-11(6-2-9)30(24,25)26)14(16(22)23)19-20(15)10-3-7-12(8-4-10)31(27,28)29;16-9-7-8(13-1-2-13)12(17)11(15-5-6-15)10(9)14-3-4-14/h1-8,13H,(H,22,23)(H,24,25,26)(H,27,28,29);7H,1-6H2/b18-17+;. The molecule has 20 heteroatoms. The number of benzene rings is 2. The Kier molecular flexibility index (Phi) is 8.19. The zero-order valence-corrected chi connectivity index (χ0v) is 26.2. The number of azo groups is 1. The number of hydrogen-bond acceptors (Lipinski definition) is 14. The number of allylic oxidation sites excluding steroid dienone is 1. The highest BCUT2D eigenvalue weighted by Crippen LogP contribution is 2.34. The highest BCUT2D eigenvalue weighted by atomic mass is 32.2. The Morgan fingerprint density at radius 3 is 1.73 bits per heavy atom. The van der Waals surface area contributed by atoms with Crippen molar-refractivity contribution in [1.82, 2.24) is 14.7 Å². The number of aliphatic carboxylic acids is 1. The van der Waals surface area contributed by atoms with Crippen LogP contribution in [0.15, 0.2) is 96.8 Å². The second-order valence-corrected chi connectivity index (χ2v) is 13.7. The number of amides is 1. The highest BCUT2D eigenvalue weighted by Gasteiger charge is 2.44. The van der Waals surface area contributed by atoms with Gasteiger partial charge in [0.25, 0.3) is 26.1 Å². The maximum absolute atomic E-state index is 12.6. The molecule has 4 heterocycles. The SMILES string of the molecule is O=C(O)C1=NN(c2ccc(S(=O)(=O)O)cc2)C(=O)C1/N=N/c1ccc(S(=O)(=O)O)cc1.O=C1C=C(N2CC2)C(=O)C(N2CC2)=C1N1CC1. The molecule has 1 unspecified atom stereocenters. The van der Waals surface area contributed by atoms with Crippen LogP contribution in [-0.4, -0.2) is 120 Å². The second kappa shape index (κ2) is 12.0. The molecule has 0 bridgehead atoms. The first-order valence-corrected chi connectivity index (χ1v) is 17.0. The van der Waals surface area contributed by atoms with Crippen LogP contribution in [0.4, 0.5) is 11.4 Å². The second-order valence-electron chi connectivity index (χ2n) is 10.9. The Balaban J connectivity index is 0.000000196. The van der Waals surface area contributed by atoms with Crippen molar-refractivity contribution in [3.8, 4) is 0 Å². The first-order valence-electron chi connectivity index (χ1n) is 14.1. The molecule has 2 aromatic rings. The number of anilines is 1. The van der Waals surface area contributed by atoms with E-state index >= 15 is 0 Å². The molecule has 5 aliphatic rings. The number of carbonyl (C=O) groups excluding carboxylic acids is 3. The lowest BCUT2D eigenvalue weighted by atomic mass is 10.0. The van der Waals surface area contributed by atoms with E-state index in [-0.39, 0.29) is 22.9 Å². The van der Waals surface area contributed by atoms with Gasteiger partial charge in [0, 0.05) is 45.3 Å². The van der Waals surface area contributed by atoms with Crippen LogP contribution in [-0.2, 0) is 39.4 Å². The lowest BCUT2D eigenvalue weighted by molar-refractivity contribution is -0.130. The summed E-state index contributed by atoms with van der Waals surface area (Å²) in [5.74, 6) is -2.39. The Hall–Kier alpha value is -5.31. The molecule has 0 aromatic heterocycles. The molecule has 18 nitrogen and oxygen atoms in total. The molecule has 4 aliphatic heterocycles. The maximum Gasteiger partial charge on any atom is 0.355 e. The zero-order valence-electron chi connectivity index (χ0n) is 24.6. The minimum absolute atomic E-state index is 0.00546. The van der Waals surface area contributed by atoms with E-state index < -0.39 is 53.7 Å². The van der Waals surface area contributed by atoms with Gasteiger partial charge in [0.15, 0.2) is 5.71 Å². The molecular formula is C28H25N7O11S2. The quantitative estimate of drug-likeness (QED) is 0.138. The van der Waals surface area contributed by atoms with Crippen molar-refractivity contribution in [2.24, 2.45) is 15.3 Å². The summed E-state index contributed by atoms with van der Waals surface area (Å²) in [6.07, 6.45) is 1.52. The van der Waals surface area contributed by atoms with Gasteiger partial charge >= 0.3 is 5.97 Å². The molecule has 7 rings (SSSR count). The molecule has 2 aromatic carbocycles. The largest absolute Gasteiger partial charge is 0.477 e. The molecule has 1 atom stereocenters. The molecule has 3 saturated heterocycles. The maximum atomic E-state index is 12.6. The zero-order chi connectivity index (χ0) is 34.5. The average molecular weight is 700 g/mol. The van der Waals surface area contributed by atoms with Crippen molar-refractivity contribution < 1.29 is 50.2 Å². The summed E-state index contributed by atoms with van der Waals surface area (Å²) in [5.41, 5.74) is 1.33. The third-order valence-electron chi connectivity index (χ3n) is 7.42. The van der Waals surface area contributed by atoms with Crippen molar-refractivity contribution in [3.63, 3.8) is 0 Å². The van der Waals surface area contributed by atoms with Crippen molar-refractivity contribution in [2.75, 3.05) is 44.3 Å². The van der Waals surface area contributed by atoms with E-state index in [9.17, 15) is 41.1 Å². The van der Waals surface area contributed by atoms with E-state index in [1.165, 1.54) is 18.2 Å². The molecule has 48 heavy (non-hydrogen) atoms. The van der Waals surface area contributed by atoms with Gasteiger partial charge in [0.2, 0.25) is 17.6 Å². The van der Waals surface area contributed by atoms with Crippen molar-refractivity contribution in [3.05, 3.63) is 71.7 Å². The summed E-state index contributed by atoms with van der Waals surface area (Å²) in [4.78, 5) is 53.7. The van der Waals surface area contributed by atoms with Crippen LogP contribution in [0.1, 0.15) is 0 Å². The number of hydrogen-bond donors (Lipinski definition) is 3. The Bertz CT molecular complexity index is 2080. The Morgan fingerprint density at radius 2 is 1.25 bits per heavy atom. The molecule has 0 spiro atoms. The van der Waals surface area contributed by atoms with Crippen LogP contribution >= 0.6 is 0 Å². The number of carboxylic acid groups (broad SMARTS) is 1. The number of nitrogens with zero attached hydrogens (tertiary/aromatic N) is 7. The average Bonchev–Trinajstić information content (AvgIpc) is 3.88. The van der Waals surface area contributed by atoms with Gasteiger partial charge in [-0.2, -0.15) is 37.2 Å². The summed E-state index contributed by atoms with van der Waals surface area (Å²) in [7, 11) is -8.88. The molecule has 3 fully saturated rings. The number of carbonyl (C=O) groups is 4. The van der Waals surface area contributed by atoms with Gasteiger partial charge in [0.05, 0.1) is 26.9 Å². The van der Waals surface area contributed by atoms with Crippen LogP contribution in [0.3, 0.4) is 0 Å². The molecule has 3 N–H and O–H groups in total. The van der Waals surface area contributed by atoms with E-state index in [0.29, 0.717) is 22.1 Å². The lowest BCUT2D eigenvalue weighted by Crippen LogP contribution is -2.33. The van der Waals surface area contributed by atoms with E-state index in [2.05, 4.69) is 15.3 Å². The third kappa shape index (κ3) is 6.86. The number of ketones is 2. The topological polar surface area (TPSA) is 247 Å². The van der Waals surface area contributed by atoms with Crippen molar-refractivity contribution >= 4 is 60.8 Å². The minimum atomic E-state index is -4.46. The highest BCUT2D eigenvalue weighted by molar-refractivity contribution is 7.86. The van der Waals surface area contributed by atoms with Gasteiger partial charge < -0.3 is 19.8 Å². The van der Waals surface area contributed by atoms with Gasteiger partial charge in [-0.05, 0) is 48.5 Å². The molecule has 0 saturated carbocycles. The predicted octanol–water partition coefficient (Wildman–Crippen LogP) is 0.300.